The standard InChI is InChI=1S/C36H44N10O/c1-24(2)31-23-40-46-34(31)42-36(45-19-15-27(37-3)16-20-45)43-35(46)39-22-26-9-6-7-10-29(26)33-30-13-12-28(21-25(30)14-17-38-33)41-32(47)11-8-18-44(4)5/h6-14,17,21,23-24,27,37H,15-16,18-20,22H2,1-5H3,(H,41,47)(H,39,42,43)/b11-8+. The smallest absolute Gasteiger partial charge is 0.248 e. The van der Waals surface area contributed by atoms with Crippen molar-refractivity contribution in [3.63, 3.8) is 0 Å². The lowest BCUT2D eigenvalue weighted by Crippen LogP contribution is -2.42. The number of nitrogens with one attached hydrogen (secondary N) is 3. The third-order valence-electron chi connectivity index (χ3n) is 8.67. The molecular weight excluding hydrogens is 588 g/mol. The van der Waals surface area contributed by atoms with Crippen molar-refractivity contribution in [3.8, 4) is 11.3 Å². The predicted molar refractivity (Wildman–Crippen MR) is 190 cm³/mol. The van der Waals surface area contributed by atoms with Crippen LogP contribution in [-0.2, 0) is 11.3 Å². The molecule has 3 aromatic heterocycles. The van der Waals surface area contributed by atoms with Crippen molar-refractivity contribution in [1.29, 1.82) is 0 Å². The van der Waals surface area contributed by atoms with E-state index in [1.807, 2.05) is 85.4 Å². The van der Waals surface area contributed by atoms with Gasteiger partial charge in [-0.1, -0.05) is 50.3 Å². The summed E-state index contributed by atoms with van der Waals surface area (Å²) in [5.41, 5.74) is 5.66. The van der Waals surface area contributed by atoms with Crippen LogP contribution in [0.5, 0.6) is 0 Å². The number of amides is 1. The predicted octanol–water partition coefficient (Wildman–Crippen LogP) is 5.32. The molecule has 0 saturated carbocycles. The Kier molecular flexibility index (Phi) is 9.74. The average molecular weight is 633 g/mol. The maximum absolute atomic E-state index is 12.4. The maximum Gasteiger partial charge on any atom is 0.248 e. The molecule has 0 bridgehead atoms. The highest BCUT2D eigenvalue weighted by Crippen LogP contribution is 2.32. The molecule has 11 nitrogen and oxygen atoms in total. The number of nitrogens with zero attached hydrogens (tertiary/aromatic N) is 7. The normalized spacial score (nSPS) is 14.2. The molecule has 1 aliphatic rings. The first-order chi connectivity index (χ1) is 22.8. The third-order valence-corrected chi connectivity index (χ3v) is 8.67. The zero-order chi connectivity index (χ0) is 32.9. The largest absolute Gasteiger partial charge is 0.350 e. The molecule has 1 fully saturated rings. The van der Waals surface area contributed by atoms with Gasteiger partial charge in [0.25, 0.3) is 0 Å². The fourth-order valence-corrected chi connectivity index (χ4v) is 6.02. The second-order valence-corrected chi connectivity index (χ2v) is 12.6. The number of rotatable bonds is 11. The van der Waals surface area contributed by atoms with Gasteiger partial charge in [0.2, 0.25) is 17.8 Å². The lowest BCUT2D eigenvalue weighted by molar-refractivity contribution is -0.111. The van der Waals surface area contributed by atoms with Crippen LogP contribution in [0.15, 0.2) is 73.1 Å². The Morgan fingerprint density at radius 2 is 1.89 bits per heavy atom. The van der Waals surface area contributed by atoms with E-state index < -0.39 is 0 Å². The SMILES string of the molecule is CNC1CCN(c2nc(NCc3ccccc3-c3nccc4cc(NC(=O)/C=C/CN(C)C)ccc34)n3ncc(C(C)C)c3n2)CC1. The first-order valence-corrected chi connectivity index (χ1v) is 16.3. The van der Waals surface area contributed by atoms with Crippen LogP contribution < -0.4 is 20.9 Å². The Morgan fingerprint density at radius 1 is 1.09 bits per heavy atom. The average Bonchev–Trinajstić information content (AvgIpc) is 3.51. The molecule has 5 aromatic rings. The van der Waals surface area contributed by atoms with Crippen molar-refractivity contribution < 1.29 is 4.79 Å². The van der Waals surface area contributed by atoms with E-state index in [1.54, 1.807) is 6.08 Å². The Hall–Kier alpha value is -4.87. The fraction of sp³-hybridized carbons (Fsp3) is 0.361. The summed E-state index contributed by atoms with van der Waals surface area (Å²) < 4.78 is 1.82. The van der Waals surface area contributed by atoms with Gasteiger partial charge < -0.3 is 25.8 Å². The van der Waals surface area contributed by atoms with Crippen LogP contribution in [0.3, 0.4) is 0 Å². The molecule has 0 spiro atoms. The molecule has 0 unspecified atom stereocenters. The Balaban J connectivity index is 1.27. The molecule has 1 amide bonds. The Bertz CT molecular complexity index is 1890. The molecule has 244 valence electrons. The van der Waals surface area contributed by atoms with Crippen LogP contribution in [-0.4, -0.2) is 82.2 Å². The third kappa shape index (κ3) is 7.26. The highest BCUT2D eigenvalue weighted by Gasteiger charge is 2.23. The van der Waals surface area contributed by atoms with Crippen molar-refractivity contribution in [2.45, 2.75) is 45.2 Å². The van der Waals surface area contributed by atoms with E-state index >= 15 is 0 Å². The summed E-state index contributed by atoms with van der Waals surface area (Å²) in [4.78, 5) is 31.6. The molecule has 1 saturated heterocycles. The van der Waals surface area contributed by atoms with Crippen molar-refractivity contribution >= 4 is 39.9 Å². The summed E-state index contributed by atoms with van der Waals surface area (Å²) >= 11 is 0. The van der Waals surface area contributed by atoms with E-state index in [-0.39, 0.29) is 11.8 Å². The number of hydrogen-bond acceptors (Lipinski definition) is 9. The Labute approximate surface area is 276 Å². The minimum atomic E-state index is -0.154. The molecule has 6 rings (SSSR count). The van der Waals surface area contributed by atoms with Gasteiger partial charge >= 0.3 is 0 Å². The number of fused-ring (bicyclic) bond motifs is 2. The number of likely N-dealkylation sites (N-methyl/N-ethyl adjacent to an activating group) is 1. The second-order valence-electron chi connectivity index (χ2n) is 12.6. The van der Waals surface area contributed by atoms with Crippen LogP contribution in [0.2, 0.25) is 0 Å². The fourth-order valence-electron chi connectivity index (χ4n) is 6.02. The molecule has 0 radical (unpaired) electrons. The van der Waals surface area contributed by atoms with Gasteiger partial charge in [0.05, 0.1) is 11.9 Å². The number of carbonyl (C=O) groups is 1. The van der Waals surface area contributed by atoms with Crippen LogP contribution in [0.1, 0.15) is 43.7 Å². The Morgan fingerprint density at radius 3 is 2.66 bits per heavy atom. The molecule has 11 heteroatoms. The van der Waals surface area contributed by atoms with Crippen molar-refractivity contribution in [2.75, 3.05) is 56.3 Å². The number of hydrogen-bond donors (Lipinski definition) is 3. The van der Waals surface area contributed by atoms with Gasteiger partial charge in [-0.15, -0.1) is 0 Å². The van der Waals surface area contributed by atoms with Gasteiger partial charge in [0.1, 0.15) is 0 Å². The molecule has 4 heterocycles. The van der Waals surface area contributed by atoms with E-state index in [1.165, 1.54) is 0 Å². The number of aromatic nitrogens is 5. The number of pyridine rings is 1. The summed E-state index contributed by atoms with van der Waals surface area (Å²) in [5.74, 6) is 1.52. The van der Waals surface area contributed by atoms with E-state index in [0.717, 1.165) is 76.4 Å². The van der Waals surface area contributed by atoms with Crippen molar-refractivity contribution in [3.05, 3.63) is 84.2 Å². The van der Waals surface area contributed by atoms with Gasteiger partial charge in [-0.25, -0.2) is 0 Å². The van der Waals surface area contributed by atoms with Gasteiger partial charge in [0.15, 0.2) is 5.65 Å². The summed E-state index contributed by atoms with van der Waals surface area (Å²) in [5, 5.41) is 16.7. The summed E-state index contributed by atoms with van der Waals surface area (Å²) in [6.07, 6.45) is 9.24. The lowest BCUT2D eigenvalue weighted by atomic mass is 9.99. The lowest BCUT2D eigenvalue weighted by Gasteiger charge is -2.32. The van der Waals surface area contributed by atoms with E-state index in [4.69, 9.17) is 15.0 Å². The van der Waals surface area contributed by atoms with Crippen LogP contribution in [0, 0.1) is 0 Å². The molecule has 2 aromatic carbocycles. The van der Waals surface area contributed by atoms with Crippen molar-refractivity contribution in [2.24, 2.45) is 0 Å². The monoisotopic (exact) mass is 632 g/mol. The quantitative estimate of drug-likeness (QED) is 0.167. The molecular formula is C36H44N10O. The topological polar surface area (TPSA) is 116 Å². The van der Waals surface area contributed by atoms with E-state index in [2.05, 4.69) is 51.9 Å². The second kappa shape index (κ2) is 14.3. The molecule has 47 heavy (non-hydrogen) atoms. The highest BCUT2D eigenvalue weighted by molar-refractivity contribution is 6.02. The number of benzene rings is 2. The first-order valence-electron chi connectivity index (χ1n) is 16.3. The van der Waals surface area contributed by atoms with Gasteiger partial charge in [0, 0.05) is 66.7 Å². The van der Waals surface area contributed by atoms with E-state index in [0.29, 0.717) is 25.1 Å². The van der Waals surface area contributed by atoms with Crippen molar-refractivity contribution in [1.82, 2.24) is 34.8 Å². The number of carbonyl (C=O) groups excluding carboxylic acids is 1. The molecule has 0 atom stereocenters. The van der Waals surface area contributed by atoms with Gasteiger partial charge in [-0.3, -0.25) is 9.78 Å². The molecule has 3 N–H and O–H groups in total. The van der Waals surface area contributed by atoms with Crippen LogP contribution in [0.4, 0.5) is 17.6 Å². The summed E-state index contributed by atoms with van der Waals surface area (Å²) in [6.45, 7) is 7.36. The molecule has 1 aliphatic heterocycles. The number of piperidine rings is 1. The zero-order valence-electron chi connectivity index (χ0n) is 27.9. The van der Waals surface area contributed by atoms with Gasteiger partial charge in [-0.2, -0.15) is 19.6 Å². The highest BCUT2D eigenvalue weighted by atomic mass is 16.1. The summed E-state index contributed by atoms with van der Waals surface area (Å²) in [7, 11) is 5.96. The first kappa shape index (κ1) is 32.1. The van der Waals surface area contributed by atoms with Crippen LogP contribution in [0.25, 0.3) is 27.7 Å². The van der Waals surface area contributed by atoms with E-state index in [9.17, 15) is 4.79 Å². The zero-order valence-corrected chi connectivity index (χ0v) is 27.9. The molecule has 0 aliphatic carbocycles. The minimum absolute atomic E-state index is 0.154. The number of anilines is 3. The summed E-state index contributed by atoms with van der Waals surface area (Å²) in [6, 6.07) is 16.7. The minimum Gasteiger partial charge on any atom is -0.350 e. The van der Waals surface area contributed by atoms with Crippen LogP contribution >= 0.6 is 0 Å². The van der Waals surface area contributed by atoms with Gasteiger partial charge in [-0.05, 0) is 69.1 Å². The maximum atomic E-state index is 12.4.